The second-order valence-electron chi connectivity index (χ2n) is 6.48. The molecule has 0 amide bonds. The molecule has 0 bridgehead atoms. The van der Waals surface area contributed by atoms with Crippen LogP contribution >= 0.6 is 34.8 Å². The quantitative estimate of drug-likeness (QED) is 0.483. The summed E-state index contributed by atoms with van der Waals surface area (Å²) in [6.45, 7) is 0. The highest BCUT2D eigenvalue weighted by Gasteiger charge is 2.62. The van der Waals surface area contributed by atoms with Crippen molar-refractivity contribution in [1.82, 2.24) is 0 Å². The van der Waals surface area contributed by atoms with Crippen LogP contribution in [0.4, 0.5) is 0 Å². The number of aliphatic hydroxyl groups is 3. The molecule has 3 N–H and O–H groups in total. The third kappa shape index (κ3) is 4.09. The number of rotatable bonds is 5. The normalized spacial score (nSPS) is 28.1. The summed E-state index contributed by atoms with van der Waals surface area (Å²) in [6, 6.07) is 11.3. The van der Waals surface area contributed by atoms with Crippen molar-refractivity contribution in [3.63, 3.8) is 0 Å². The Morgan fingerprint density at radius 2 is 1.50 bits per heavy atom. The number of benzene rings is 2. The maximum atomic E-state index is 12.9. The molecule has 3 rings (SSSR count). The Kier molecular flexibility index (Phi) is 5.85. The van der Waals surface area contributed by atoms with Crippen LogP contribution < -0.4 is 0 Å². The van der Waals surface area contributed by atoms with E-state index < -0.39 is 41.0 Å². The van der Waals surface area contributed by atoms with Gasteiger partial charge >= 0.3 is 0 Å². The van der Waals surface area contributed by atoms with Crippen LogP contribution in [0.25, 0.3) is 0 Å². The van der Waals surface area contributed by atoms with E-state index in [1.54, 1.807) is 0 Å². The van der Waals surface area contributed by atoms with Crippen molar-refractivity contribution in [2.24, 2.45) is 0 Å². The standard InChI is InChI=1S/C19H15Cl3O6/c20-12-5-1-10(2-6-12)14(23)15(24)17-18(26,9-19(22,27)28-17)16(25)11-3-7-13(21)8-4-11/h1-8,14,17,23,26-27H,9H2/t14?,17-,18-,19-/m1/s1. The fourth-order valence-electron chi connectivity index (χ4n) is 3.04. The fourth-order valence-corrected chi connectivity index (χ4v) is 3.59. The minimum Gasteiger partial charge on any atom is -0.380 e. The molecule has 148 valence electrons. The van der Waals surface area contributed by atoms with E-state index in [-0.39, 0.29) is 11.1 Å². The molecule has 1 heterocycles. The van der Waals surface area contributed by atoms with Crippen molar-refractivity contribution in [1.29, 1.82) is 0 Å². The fraction of sp³-hybridized carbons (Fsp3) is 0.263. The van der Waals surface area contributed by atoms with E-state index in [9.17, 15) is 24.9 Å². The molecule has 28 heavy (non-hydrogen) atoms. The van der Waals surface area contributed by atoms with Crippen LogP contribution in [0.2, 0.25) is 10.0 Å². The lowest BCUT2D eigenvalue weighted by molar-refractivity contribution is -0.164. The average Bonchev–Trinajstić information content (AvgIpc) is 2.91. The largest absolute Gasteiger partial charge is 0.380 e. The Labute approximate surface area is 175 Å². The summed E-state index contributed by atoms with van der Waals surface area (Å²) in [5.41, 5.74) is -2.29. The molecule has 1 aliphatic rings. The van der Waals surface area contributed by atoms with Crippen LogP contribution in [0.1, 0.15) is 28.4 Å². The van der Waals surface area contributed by atoms with Gasteiger partial charge in [-0.05, 0) is 42.0 Å². The Morgan fingerprint density at radius 3 is 2.04 bits per heavy atom. The number of Topliss-reactive ketones (excluding diaryl/α,β-unsaturated/α-hetero) is 2. The van der Waals surface area contributed by atoms with Gasteiger partial charge in [-0.15, -0.1) is 0 Å². The third-order valence-electron chi connectivity index (χ3n) is 4.43. The lowest BCUT2D eigenvalue weighted by Crippen LogP contribution is -2.51. The van der Waals surface area contributed by atoms with Gasteiger partial charge in [0.15, 0.2) is 23.3 Å². The summed E-state index contributed by atoms with van der Waals surface area (Å²) in [4.78, 5) is 25.7. The molecular weight excluding hydrogens is 431 g/mol. The number of halogens is 3. The second-order valence-corrected chi connectivity index (χ2v) is 7.94. The monoisotopic (exact) mass is 444 g/mol. The first-order valence-electron chi connectivity index (χ1n) is 8.12. The van der Waals surface area contributed by atoms with Gasteiger partial charge in [0.2, 0.25) is 5.25 Å². The van der Waals surface area contributed by atoms with Gasteiger partial charge in [0.1, 0.15) is 6.10 Å². The Bertz CT molecular complexity index is 897. The molecule has 9 heteroatoms. The van der Waals surface area contributed by atoms with Crippen molar-refractivity contribution in [3.05, 3.63) is 69.7 Å². The molecular formula is C19H15Cl3O6. The van der Waals surface area contributed by atoms with E-state index in [2.05, 4.69) is 0 Å². The summed E-state index contributed by atoms with van der Waals surface area (Å²) in [5, 5.41) is 29.7. The Hall–Kier alpha value is -1.51. The number of ketones is 2. The highest BCUT2D eigenvalue weighted by Crippen LogP contribution is 2.43. The molecule has 6 nitrogen and oxygen atoms in total. The number of hydrogen-bond acceptors (Lipinski definition) is 6. The van der Waals surface area contributed by atoms with E-state index in [0.717, 1.165) is 0 Å². The molecule has 0 saturated carbocycles. The summed E-state index contributed by atoms with van der Waals surface area (Å²) in [7, 11) is 0. The number of hydrogen-bond donors (Lipinski definition) is 3. The number of carbonyl (C=O) groups is 2. The van der Waals surface area contributed by atoms with Gasteiger partial charge in [0, 0.05) is 15.6 Å². The molecule has 4 atom stereocenters. The van der Waals surface area contributed by atoms with Gasteiger partial charge in [-0.2, -0.15) is 0 Å². The summed E-state index contributed by atoms with van der Waals surface area (Å²) >= 11 is 17.4. The maximum absolute atomic E-state index is 12.9. The van der Waals surface area contributed by atoms with Gasteiger partial charge in [-0.25, -0.2) is 0 Å². The highest BCUT2D eigenvalue weighted by atomic mass is 35.5. The van der Waals surface area contributed by atoms with E-state index in [4.69, 9.17) is 39.5 Å². The SMILES string of the molecule is O=C(C(O)c1ccc(Cl)cc1)[C@H]1O[C@@](O)(Cl)C[C@@]1(O)C(=O)c1ccc(Cl)cc1. The van der Waals surface area contributed by atoms with Crippen molar-refractivity contribution < 1.29 is 29.6 Å². The molecule has 1 fully saturated rings. The third-order valence-corrected chi connectivity index (χ3v) is 5.16. The predicted molar refractivity (Wildman–Crippen MR) is 102 cm³/mol. The lowest BCUT2D eigenvalue weighted by atomic mass is 9.82. The molecule has 0 spiro atoms. The zero-order valence-corrected chi connectivity index (χ0v) is 16.4. The number of alkyl halides is 1. The van der Waals surface area contributed by atoms with Crippen molar-refractivity contribution in [3.8, 4) is 0 Å². The molecule has 0 aliphatic carbocycles. The molecule has 2 aromatic rings. The molecule has 1 saturated heterocycles. The maximum Gasteiger partial charge on any atom is 0.249 e. The second kappa shape index (κ2) is 7.72. The molecule has 1 unspecified atom stereocenters. The minimum atomic E-state index is -2.49. The first kappa shape index (κ1) is 21.2. The van der Waals surface area contributed by atoms with Crippen LogP contribution in [0, 0.1) is 0 Å². The number of carbonyl (C=O) groups excluding carboxylic acids is 2. The van der Waals surface area contributed by atoms with E-state index in [1.165, 1.54) is 48.5 Å². The summed E-state index contributed by atoms with van der Waals surface area (Å²) in [5.74, 6) is -1.94. The van der Waals surface area contributed by atoms with E-state index in [0.29, 0.717) is 10.0 Å². The molecule has 2 aromatic carbocycles. The smallest absolute Gasteiger partial charge is 0.249 e. The Balaban J connectivity index is 1.94. The van der Waals surface area contributed by atoms with Gasteiger partial charge in [0.05, 0.1) is 6.42 Å². The summed E-state index contributed by atoms with van der Waals surface area (Å²) in [6.07, 6.45) is -4.41. The van der Waals surface area contributed by atoms with Gasteiger partial charge in [-0.1, -0.05) is 46.9 Å². The minimum absolute atomic E-state index is 0.0312. The first-order chi connectivity index (χ1) is 13.0. The zero-order valence-electron chi connectivity index (χ0n) is 14.2. The molecule has 1 aliphatic heterocycles. The van der Waals surface area contributed by atoms with Gasteiger partial charge in [-0.3, -0.25) is 9.59 Å². The predicted octanol–water partition coefficient (Wildman–Crippen LogP) is 2.88. The summed E-state index contributed by atoms with van der Waals surface area (Å²) < 4.78 is 5.05. The van der Waals surface area contributed by atoms with Gasteiger partial charge in [0.25, 0.3) is 0 Å². The van der Waals surface area contributed by atoms with E-state index >= 15 is 0 Å². The van der Waals surface area contributed by atoms with Crippen molar-refractivity contribution >= 4 is 46.4 Å². The topological polar surface area (TPSA) is 104 Å². The first-order valence-corrected chi connectivity index (χ1v) is 9.26. The van der Waals surface area contributed by atoms with Crippen LogP contribution in [0.15, 0.2) is 48.5 Å². The average molecular weight is 446 g/mol. The van der Waals surface area contributed by atoms with Crippen LogP contribution in [-0.4, -0.2) is 43.8 Å². The molecule has 0 radical (unpaired) electrons. The van der Waals surface area contributed by atoms with E-state index in [1.807, 2.05) is 0 Å². The lowest BCUT2D eigenvalue weighted by Gasteiger charge is -2.27. The van der Waals surface area contributed by atoms with Crippen LogP contribution in [0.5, 0.6) is 0 Å². The number of ether oxygens (including phenoxy) is 1. The zero-order chi connectivity index (χ0) is 20.7. The van der Waals surface area contributed by atoms with Crippen molar-refractivity contribution in [2.75, 3.05) is 0 Å². The number of aliphatic hydroxyl groups excluding tert-OH is 1. The van der Waals surface area contributed by atoms with Crippen molar-refractivity contribution in [2.45, 2.75) is 29.5 Å². The van der Waals surface area contributed by atoms with Crippen LogP contribution in [-0.2, 0) is 9.53 Å². The molecule has 0 aromatic heterocycles. The highest BCUT2D eigenvalue weighted by molar-refractivity contribution is 6.31. The van der Waals surface area contributed by atoms with Crippen LogP contribution in [0.3, 0.4) is 0 Å². The Morgan fingerprint density at radius 1 is 1.00 bits per heavy atom. The van der Waals surface area contributed by atoms with Gasteiger partial charge < -0.3 is 20.1 Å².